The summed E-state index contributed by atoms with van der Waals surface area (Å²) in [5.74, 6) is 0.512. The van der Waals surface area contributed by atoms with E-state index in [-0.39, 0.29) is 11.1 Å². The van der Waals surface area contributed by atoms with Crippen molar-refractivity contribution in [3.05, 3.63) is 74.5 Å². The number of nitriles is 1. The Morgan fingerprint density at radius 2 is 1.74 bits per heavy atom. The van der Waals surface area contributed by atoms with E-state index in [0.29, 0.717) is 5.92 Å². The van der Waals surface area contributed by atoms with E-state index in [1.54, 1.807) is 11.6 Å². The molecule has 1 aliphatic heterocycles. The number of anilines is 1. The van der Waals surface area contributed by atoms with Crippen LogP contribution in [0.3, 0.4) is 0 Å². The molecule has 27 heavy (non-hydrogen) atoms. The van der Waals surface area contributed by atoms with Gasteiger partial charge in [0.1, 0.15) is 11.6 Å². The number of halogens is 1. The molecular weight excluding hydrogens is 402 g/mol. The molecule has 2 aromatic carbocycles. The Morgan fingerprint density at radius 1 is 1.07 bits per heavy atom. The number of pyridine rings is 1. The van der Waals surface area contributed by atoms with Crippen LogP contribution >= 0.6 is 15.9 Å². The van der Waals surface area contributed by atoms with Gasteiger partial charge in [0.2, 0.25) is 0 Å². The number of nitrogens with zero attached hydrogens (tertiary/aromatic N) is 3. The number of piperidine rings is 1. The molecular formula is C22H20BrN3O. The number of rotatable bonds is 2. The third-order valence-electron chi connectivity index (χ3n) is 5.54. The standard InChI is InChI=1S/C22H20BrN3O/c1-25-20-5-3-2-4-18(20)21(19(14-24)22(25)27)26-12-10-16(11-13-26)15-6-8-17(23)9-7-15/h2-9,16H,10-13H2,1H3. The van der Waals surface area contributed by atoms with E-state index in [0.717, 1.165) is 47.0 Å². The smallest absolute Gasteiger partial charge is 0.270 e. The lowest BCUT2D eigenvalue weighted by Gasteiger charge is -2.35. The summed E-state index contributed by atoms with van der Waals surface area (Å²) in [6, 6.07) is 18.5. The highest BCUT2D eigenvalue weighted by molar-refractivity contribution is 9.10. The molecule has 4 nitrogen and oxygen atoms in total. The van der Waals surface area contributed by atoms with Crippen molar-refractivity contribution < 1.29 is 0 Å². The largest absolute Gasteiger partial charge is 0.370 e. The maximum atomic E-state index is 12.7. The summed E-state index contributed by atoms with van der Waals surface area (Å²) in [4.78, 5) is 14.9. The van der Waals surface area contributed by atoms with Crippen LogP contribution in [0.4, 0.5) is 5.69 Å². The van der Waals surface area contributed by atoms with Crippen molar-refractivity contribution >= 4 is 32.5 Å². The average molecular weight is 422 g/mol. The van der Waals surface area contributed by atoms with Gasteiger partial charge in [0.05, 0.1) is 11.2 Å². The van der Waals surface area contributed by atoms with Gasteiger partial charge in [-0.05, 0) is 42.5 Å². The summed E-state index contributed by atoms with van der Waals surface area (Å²) in [5, 5.41) is 10.6. The molecule has 1 aromatic heterocycles. The minimum Gasteiger partial charge on any atom is -0.370 e. The maximum Gasteiger partial charge on any atom is 0.270 e. The first-order chi connectivity index (χ1) is 13.1. The SMILES string of the molecule is Cn1c(=O)c(C#N)c(N2CCC(c3ccc(Br)cc3)CC2)c2ccccc21. The summed E-state index contributed by atoms with van der Waals surface area (Å²) >= 11 is 3.49. The molecule has 0 atom stereocenters. The molecule has 1 saturated heterocycles. The first kappa shape index (κ1) is 17.8. The zero-order valence-corrected chi connectivity index (χ0v) is 16.7. The highest BCUT2D eigenvalue weighted by Crippen LogP contribution is 2.35. The summed E-state index contributed by atoms with van der Waals surface area (Å²) in [7, 11) is 1.73. The zero-order valence-electron chi connectivity index (χ0n) is 15.2. The fourth-order valence-electron chi connectivity index (χ4n) is 4.08. The molecule has 2 heterocycles. The van der Waals surface area contributed by atoms with Crippen LogP contribution in [0, 0.1) is 11.3 Å². The van der Waals surface area contributed by atoms with Gasteiger partial charge in [-0.15, -0.1) is 0 Å². The molecule has 0 unspecified atom stereocenters. The van der Waals surface area contributed by atoms with E-state index < -0.39 is 0 Å². The van der Waals surface area contributed by atoms with Crippen molar-refractivity contribution in [1.29, 1.82) is 5.26 Å². The second-order valence-corrected chi connectivity index (χ2v) is 7.95. The van der Waals surface area contributed by atoms with Gasteiger partial charge in [-0.25, -0.2) is 0 Å². The molecule has 5 heteroatoms. The molecule has 1 aliphatic rings. The normalized spacial score (nSPS) is 15.1. The van der Waals surface area contributed by atoms with E-state index in [1.807, 2.05) is 24.3 Å². The summed E-state index contributed by atoms with van der Waals surface area (Å²) < 4.78 is 2.67. The lowest BCUT2D eigenvalue weighted by molar-refractivity contribution is 0.506. The quantitative estimate of drug-likeness (QED) is 0.609. The van der Waals surface area contributed by atoms with Crippen molar-refractivity contribution in [3.8, 4) is 6.07 Å². The Morgan fingerprint density at radius 3 is 2.41 bits per heavy atom. The Balaban J connectivity index is 1.70. The average Bonchev–Trinajstić information content (AvgIpc) is 2.71. The second-order valence-electron chi connectivity index (χ2n) is 7.03. The van der Waals surface area contributed by atoms with Crippen LogP contribution in [-0.2, 0) is 7.05 Å². The van der Waals surface area contributed by atoms with Crippen molar-refractivity contribution in [3.63, 3.8) is 0 Å². The van der Waals surface area contributed by atoms with Gasteiger partial charge < -0.3 is 9.47 Å². The predicted octanol–water partition coefficient (Wildman–Crippen LogP) is 4.56. The number of hydrogen-bond donors (Lipinski definition) is 0. The highest BCUT2D eigenvalue weighted by atomic mass is 79.9. The summed E-state index contributed by atoms with van der Waals surface area (Å²) in [6.45, 7) is 1.68. The Kier molecular flexibility index (Phi) is 4.75. The van der Waals surface area contributed by atoms with E-state index >= 15 is 0 Å². The number of aromatic nitrogens is 1. The van der Waals surface area contributed by atoms with Gasteiger partial charge in [-0.3, -0.25) is 4.79 Å². The van der Waals surface area contributed by atoms with Gasteiger partial charge in [-0.1, -0.05) is 46.3 Å². The van der Waals surface area contributed by atoms with Crippen LogP contribution in [0.5, 0.6) is 0 Å². The third kappa shape index (κ3) is 3.15. The summed E-state index contributed by atoms with van der Waals surface area (Å²) in [6.07, 6.45) is 2.02. The van der Waals surface area contributed by atoms with Crippen molar-refractivity contribution in [2.24, 2.45) is 7.05 Å². The number of benzene rings is 2. The van der Waals surface area contributed by atoms with Crippen molar-refractivity contribution in [1.82, 2.24) is 4.57 Å². The molecule has 4 rings (SSSR count). The summed E-state index contributed by atoms with van der Waals surface area (Å²) in [5.41, 5.74) is 3.05. The van der Waals surface area contributed by atoms with E-state index in [1.165, 1.54) is 5.56 Å². The topological polar surface area (TPSA) is 49.0 Å². The van der Waals surface area contributed by atoms with Crippen molar-refractivity contribution in [2.45, 2.75) is 18.8 Å². The number of para-hydroxylation sites is 1. The highest BCUT2D eigenvalue weighted by Gasteiger charge is 2.25. The third-order valence-corrected chi connectivity index (χ3v) is 6.07. The minimum absolute atomic E-state index is 0.221. The van der Waals surface area contributed by atoms with E-state index in [2.05, 4.69) is 51.2 Å². The first-order valence-corrected chi connectivity index (χ1v) is 9.91. The lowest BCUT2D eigenvalue weighted by atomic mass is 9.89. The van der Waals surface area contributed by atoms with Gasteiger partial charge in [-0.2, -0.15) is 5.26 Å². The fraction of sp³-hybridized carbons (Fsp3) is 0.273. The van der Waals surface area contributed by atoms with Gasteiger partial charge in [0, 0.05) is 30.0 Å². The second kappa shape index (κ2) is 7.21. The Bertz CT molecular complexity index is 1090. The molecule has 0 aliphatic carbocycles. The van der Waals surface area contributed by atoms with Crippen LogP contribution in [0.15, 0.2) is 57.8 Å². The molecule has 1 fully saturated rings. The Labute approximate surface area is 166 Å². The molecule has 0 amide bonds. The number of hydrogen-bond acceptors (Lipinski definition) is 3. The van der Waals surface area contributed by atoms with Crippen LogP contribution in [0.2, 0.25) is 0 Å². The number of aryl methyl sites for hydroxylation is 1. The maximum absolute atomic E-state index is 12.7. The lowest BCUT2D eigenvalue weighted by Crippen LogP contribution is -2.35. The van der Waals surface area contributed by atoms with Crippen LogP contribution in [-0.4, -0.2) is 17.7 Å². The Hall–Kier alpha value is -2.58. The van der Waals surface area contributed by atoms with Gasteiger partial charge in [0.25, 0.3) is 5.56 Å². The molecule has 0 radical (unpaired) electrons. The fourth-order valence-corrected chi connectivity index (χ4v) is 4.34. The van der Waals surface area contributed by atoms with E-state index in [4.69, 9.17) is 0 Å². The van der Waals surface area contributed by atoms with Crippen LogP contribution < -0.4 is 10.5 Å². The van der Waals surface area contributed by atoms with Crippen LogP contribution in [0.25, 0.3) is 10.9 Å². The monoisotopic (exact) mass is 421 g/mol. The molecule has 136 valence electrons. The zero-order chi connectivity index (χ0) is 19.0. The predicted molar refractivity (Wildman–Crippen MR) is 112 cm³/mol. The van der Waals surface area contributed by atoms with Gasteiger partial charge in [0.15, 0.2) is 0 Å². The molecule has 3 aromatic rings. The van der Waals surface area contributed by atoms with E-state index in [9.17, 15) is 10.1 Å². The molecule has 0 N–H and O–H groups in total. The van der Waals surface area contributed by atoms with Gasteiger partial charge >= 0.3 is 0 Å². The molecule has 0 bridgehead atoms. The number of fused-ring (bicyclic) bond motifs is 1. The van der Waals surface area contributed by atoms with Crippen LogP contribution in [0.1, 0.15) is 29.9 Å². The molecule has 0 spiro atoms. The molecule has 0 saturated carbocycles. The first-order valence-electron chi connectivity index (χ1n) is 9.12. The van der Waals surface area contributed by atoms with Crippen molar-refractivity contribution in [2.75, 3.05) is 18.0 Å². The minimum atomic E-state index is -0.221.